The second-order valence-electron chi connectivity index (χ2n) is 7.48. The van der Waals surface area contributed by atoms with Crippen molar-refractivity contribution in [2.24, 2.45) is 0 Å². The van der Waals surface area contributed by atoms with Gasteiger partial charge in [0.1, 0.15) is 0 Å². The van der Waals surface area contributed by atoms with Gasteiger partial charge >= 0.3 is 0 Å². The van der Waals surface area contributed by atoms with Crippen LogP contribution in [0.3, 0.4) is 0 Å². The van der Waals surface area contributed by atoms with Crippen molar-refractivity contribution < 1.29 is 17.4 Å². The Morgan fingerprint density at radius 2 is 2.11 bits per heavy atom. The van der Waals surface area contributed by atoms with Crippen LogP contribution in [-0.2, 0) is 22.9 Å². The molecule has 4 heterocycles. The third-order valence-electron chi connectivity index (χ3n) is 5.21. The van der Waals surface area contributed by atoms with Gasteiger partial charge in [-0.05, 0) is 39.4 Å². The van der Waals surface area contributed by atoms with Gasteiger partial charge in [0, 0.05) is 30.4 Å². The highest BCUT2D eigenvalue weighted by Gasteiger charge is 2.31. The molecule has 0 aromatic carbocycles. The number of hydrogen-bond donors (Lipinski definition) is 0. The molecule has 0 bridgehead atoms. The molecule has 0 spiro atoms. The molecule has 1 atom stereocenters. The Labute approximate surface area is 164 Å². The van der Waals surface area contributed by atoms with Crippen molar-refractivity contribution in [2.75, 3.05) is 18.6 Å². The molecular weight excluding hydrogens is 380 g/mol. The first kappa shape index (κ1) is 18.9. The summed E-state index contributed by atoms with van der Waals surface area (Å²) in [4.78, 5) is 2.14. The maximum Gasteiger partial charge on any atom is 0.202 e. The summed E-state index contributed by atoms with van der Waals surface area (Å²) in [5.74, 6) is 1.69. The largest absolute Gasteiger partial charge is 0.461 e. The van der Waals surface area contributed by atoms with Gasteiger partial charge in [0.2, 0.25) is 5.76 Å². The predicted molar refractivity (Wildman–Crippen MR) is 103 cm³/mol. The number of nitrogens with zero attached hydrogens (tertiary/aromatic N) is 4. The number of sulfone groups is 1. The smallest absolute Gasteiger partial charge is 0.202 e. The van der Waals surface area contributed by atoms with Crippen LogP contribution in [0.5, 0.6) is 0 Å². The third-order valence-corrected chi connectivity index (χ3v) is 6.96. The fourth-order valence-corrected chi connectivity index (χ4v) is 5.47. The van der Waals surface area contributed by atoms with E-state index in [1.807, 2.05) is 43.8 Å². The van der Waals surface area contributed by atoms with E-state index in [-0.39, 0.29) is 17.5 Å². The van der Waals surface area contributed by atoms with Gasteiger partial charge < -0.3 is 8.94 Å². The molecule has 0 N–H and O–H groups in total. The zero-order valence-electron chi connectivity index (χ0n) is 16.3. The van der Waals surface area contributed by atoms with Crippen molar-refractivity contribution in [2.45, 2.75) is 39.4 Å². The summed E-state index contributed by atoms with van der Waals surface area (Å²) < 4.78 is 36.2. The summed E-state index contributed by atoms with van der Waals surface area (Å²) in [6, 6.07) is 5.46. The average molecular weight is 404 g/mol. The standard InChI is InChI=1S/C19H24N4O4S/c1-13-17(14(2)23(20-13)16-6-8-28(24,25)12-16)11-22(3)10-15-9-19(27-21-15)18-5-4-7-26-18/h4-5,7,9,16H,6,8,10-12H2,1-3H3. The molecule has 1 saturated heterocycles. The van der Waals surface area contributed by atoms with Crippen LogP contribution in [0.4, 0.5) is 0 Å². The molecule has 0 saturated carbocycles. The summed E-state index contributed by atoms with van der Waals surface area (Å²) in [6.07, 6.45) is 2.23. The maximum atomic E-state index is 11.8. The lowest BCUT2D eigenvalue weighted by Gasteiger charge is -2.16. The lowest BCUT2D eigenvalue weighted by atomic mass is 10.1. The van der Waals surface area contributed by atoms with Gasteiger partial charge in [-0.25, -0.2) is 8.42 Å². The summed E-state index contributed by atoms with van der Waals surface area (Å²) >= 11 is 0. The first-order chi connectivity index (χ1) is 13.3. The molecule has 28 heavy (non-hydrogen) atoms. The highest BCUT2D eigenvalue weighted by atomic mass is 32.2. The normalized spacial score (nSPS) is 18.9. The molecular formula is C19H24N4O4S. The molecule has 3 aromatic rings. The van der Waals surface area contributed by atoms with Crippen molar-refractivity contribution in [3.05, 3.63) is 47.1 Å². The van der Waals surface area contributed by atoms with Gasteiger partial charge in [0.05, 0.1) is 35.2 Å². The first-order valence-electron chi connectivity index (χ1n) is 9.25. The predicted octanol–water partition coefficient (Wildman–Crippen LogP) is 2.74. The summed E-state index contributed by atoms with van der Waals surface area (Å²) in [5, 5.41) is 8.75. The fraction of sp³-hybridized carbons (Fsp3) is 0.474. The number of hydrogen-bond acceptors (Lipinski definition) is 7. The minimum Gasteiger partial charge on any atom is -0.461 e. The molecule has 0 aliphatic carbocycles. The number of furan rings is 1. The summed E-state index contributed by atoms with van der Waals surface area (Å²) in [7, 11) is -0.930. The van der Waals surface area contributed by atoms with E-state index in [0.29, 0.717) is 31.0 Å². The molecule has 1 fully saturated rings. The summed E-state index contributed by atoms with van der Waals surface area (Å²) in [6.45, 7) is 5.30. The van der Waals surface area contributed by atoms with Gasteiger partial charge in [-0.3, -0.25) is 9.58 Å². The van der Waals surface area contributed by atoms with E-state index < -0.39 is 9.84 Å². The van der Waals surface area contributed by atoms with Crippen LogP contribution in [0, 0.1) is 13.8 Å². The molecule has 8 nitrogen and oxygen atoms in total. The number of aryl methyl sites for hydroxylation is 1. The zero-order valence-corrected chi connectivity index (χ0v) is 17.1. The van der Waals surface area contributed by atoms with Gasteiger partial charge in [0.25, 0.3) is 0 Å². The van der Waals surface area contributed by atoms with Crippen LogP contribution < -0.4 is 0 Å². The van der Waals surface area contributed by atoms with Crippen LogP contribution in [0.2, 0.25) is 0 Å². The van der Waals surface area contributed by atoms with Gasteiger partial charge in [-0.2, -0.15) is 5.10 Å². The molecule has 1 unspecified atom stereocenters. The molecule has 4 rings (SSSR count). The van der Waals surface area contributed by atoms with E-state index in [9.17, 15) is 8.42 Å². The highest BCUT2D eigenvalue weighted by Crippen LogP contribution is 2.27. The minimum atomic E-state index is -2.94. The zero-order chi connectivity index (χ0) is 19.9. The van der Waals surface area contributed by atoms with E-state index >= 15 is 0 Å². The van der Waals surface area contributed by atoms with Crippen LogP contribution >= 0.6 is 0 Å². The molecule has 150 valence electrons. The number of aromatic nitrogens is 3. The van der Waals surface area contributed by atoms with Crippen molar-refractivity contribution in [1.82, 2.24) is 19.8 Å². The monoisotopic (exact) mass is 404 g/mol. The van der Waals surface area contributed by atoms with Crippen molar-refractivity contribution in [3.8, 4) is 11.5 Å². The second-order valence-corrected chi connectivity index (χ2v) is 9.71. The van der Waals surface area contributed by atoms with Crippen molar-refractivity contribution in [1.29, 1.82) is 0 Å². The second kappa shape index (κ2) is 7.21. The van der Waals surface area contributed by atoms with Gasteiger partial charge in [0.15, 0.2) is 15.6 Å². The SMILES string of the molecule is Cc1nn(C2CCS(=O)(=O)C2)c(C)c1CN(C)Cc1cc(-c2ccco2)on1. The third kappa shape index (κ3) is 3.77. The number of rotatable bonds is 6. The quantitative estimate of drug-likeness (QED) is 0.623. The first-order valence-corrected chi connectivity index (χ1v) is 11.1. The van der Waals surface area contributed by atoms with Crippen molar-refractivity contribution >= 4 is 9.84 Å². The lowest BCUT2D eigenvalue weighted by Crippen LogP contribution is -2.19. The molecule has 1 aliphatic heterocycles. The minimum absolute atomic E-state index is 0.0610. The Hall–Kier alpha value is -2.39. The molecule has 3 aromatic heterocycles. The van der Waals surface area contributed by atoms with Crippen LogP contribution in [0.25, 0.3) is 11.5 Å². The van der Waals surface area contributed by atoms with E-state index in [2.05, 4.69) is 15.2 Å². The highest BCUT2D eigenvalue weighted by molar-refractivity contribution is 7.91. The van der Waals surface area contributed by atoms with E-state index in [4.69, 9.17) is 8.94 Å². The molecule has 9 heteroatoms. The molecule has 0 radical (unpaired) electrons. The van der Waals surface area contributed by atoms with E-state index in [1.165, 1.54) is 0 Å². The Bertz CT molecular complexity index is 1070. The Kier molecular flexibility index (Phi) is 4.88. The van der Waals surface area contributed by atoms with Crippen LogP contribution in [0.1, 0.15) is 35.1 Å². The average Bonchev–Trinajstić information content (AvgIpc) is 3.39. The molecule has 0 amide bonds. The molecule has 1 aliphatic rings. The Balaban J connectivity index is 1.45. The summed E-state index contributed by atoms with van der Waals surface area (Å²) in [5.41, 5.74) is 3.91. The van der Waals surface area contributed by atoms with Crippen LogP contribution in [-0.4, -0.2) is 46.8 Å². The topological polar surface area (TPSA) is 94.4 Å². The van der Waals surface area contributed by atoms with E-state index in [1.54, 1.807) is 6.26 Å². The Morgan fingerprint density at radius 1 is 1.29 bits per heavy atom. The Morgan fingerprint density at radius 3 is 2.79 bits per heavy atom. The van der Waals surface area contributed by atoms with E-state index in [0.717, 1.165) is 22.6 Å². The van der Waals surface area contributed by atoms with Crippen molar-refractivity contribution in [3.63, 3.8) is 0 Å². The van der Waals surface area contributed by atoms with Crippen LogP contribution in [0.15, 0.2) is 33.4 Å². The maximum absolute atomic E-state index is 11.8. The fourth-order valence-electron chi connectivity index (χ4n) is 3.77. The lowest BCUT2D eigenvalue weighted by molar-refractivity contribution is 0.302. The van der Waals surface area contributed by atoms with Gasteiger partial charge in [-0.1, -0.05) is 5.16 Å². The van der Waals surface area contributed by atoms with Gasteiger partial charge in [-0.15, -0.1) is 0 Å².